The summed E-state index contributed by atoms with van der Waals surface area (Å²) >= 11 is 0. The molecule has 0 aliphatic carbocycles. The van der Waals surface area contributed by atoms with E-state index in [1.165, 1.54) is 0 Å². The smallest absolute Gasteiger partial charge is 0.408 e. The lowest BCUT2D eigenvalue weighted by molar-refractivity contribution is -0.141. The van der Waals surface area contributed by atoms with Crippen LogP contribution in [0.3, 0.4) is 0 Å². The van der Waals surface area contributed by atoms with Crippen LogP contribution in [0.4, 0.5) is 4.79 Å². The van der Waals surface area contributed by atoms with E-state index in [4.69, 9.17) is 5.11 Å². The zero-order valence-corrected chi connectivity index (χ0v) is 15.3. The number of carbonyl (C=O) groups is 3. The van der Waals surface area contributed by atoms with Crippen LogP contribution in [0.25, 0.3) is 0 Å². The lowest BCUT2D eigenvalue weighted by Gasteiger charge is -2.41. The number of piperazine rings is 1. The van der Waals surface area contributed by atoms with Gasteiger partial charge in [0.1, 0.15) is 6.04 Å². The summed E-state index contributed by atoms with van der Waals surface area (Å²) in [6.45, 7) is 7.71. The second kappa shape index (κ2) is 7.59. The van der Waals surface area contributed by atoms with Gasteiger partial charge in [-0.25, -0.2) is 4.79 Å². The molecule has 142 valence electrons. The molecule has 8 heteroatoms. The molecular formula is C17H29N3O5. The van der Waals surface area contributed by atoms with Gasteiger partial charge in [0.2, 0.25) is 11.8 Å². The van der Waals surface area contributed by atoms with Crippen molar-refractivity contribution in [2.24, 2.45) is 5.41 Å². The molecule has 0 aromatic rings. The lowest BCUT2D eigenvalue weighted by atomic mass is 9.80. The average Bonchev–Trinajstić information content (AvgIpc) is 2.53. The van der Waals surface area contributed by atoms with E-state index >= 15 is 0 Å². The highest BCUT2D eigenvalue weighted by atomic mass is 16.4. The van der Waals surface area contributed by atoms with Gasteiger partial charge in [-0.1, -0.05) is 13.8 Å². The fourth-order valence-corrected chi connectivity index (χ4v) is 3.36. The average molecular weight is 355 g/mol. The van der Waals surface area contributed by atoms with Gasteiger partial charge in [0.25, 0.3) is 0 Å². The molecule has 0 radical (unpaired) electrons. The van der Waals surface area contributed by atoms with E-state index in [-0.39, 0.29) is 17.2 Å². The number of β-amino-alcohol motifs (C(OH)–C–C–N with tert-alkyl or cyclic N) is 1. The van der Waals surface area contributed by atoms with Crippen LogP contribution in [-0.2, 0) is 9.59 Å². The second-order valence-electron chi connectivity index (χ2n) is 7.67. The Morgan fingerprint density at radius 3 is 2.52 bits per heavy atom. The highest BCUT2D eigenvalue weighted by molar-refractivity contribution is 5.86. The Morgan fingerprint density at radius 2 is 1.92 bits per heavy atom. The first-order valence-corrected chi connectivity index (χ1v) is 8.87. The summed E-state index contributed by atoms with van der Waals surface area (Å²) in [7, 11) is 0. The number of likely N-dealkylation sites (tertiary alicyclic amines) is 1. The molecule has 2 fully saturated rings. The maximum absolute atomic E-state index is 12.3. The molecule has 2 saturated heterocycles. The number of carboxylic acid groups (broad SMARTS) is 1. The molecule has 2 aliphatic rings. The van der Waals surface area contributed by atoms with Crippen LogP contribution in [0.2, 0.25) is 0 Å². The van der Waals surface area contributed by atoms with Crippen molar-refractivity contribution in [3.63, 3.8) is 0 Å². The molecule has 0 spiro atoms. The summed E-state index contributed by atoms with van der Waals surface area (Å²) in [5.41, 5.74) is -0.164. The minimum Gasteiger partial charge on any atom is -0.465 e. The zero-order valence-electron chi connectivity index (χ0n) is 15.3. The van der Waals surface area contributed by atoms with Gasteiger partial charge in [-0.15, -0.1) is 0 Å². The molecule has 0 aromatic carbocycles. The van der Waals surface area contributed by atoms with E-state index in [1.807, 2.05) is 13.8 Å². The zero-order chi connectivity index (χ0) is 18.8. The quantitative estimate of drug-likeness (QED) is 0.769. The minimum atomic E-state index is -1.08. The third-order valence-corrected chi connectivity index (χ3v) is 5.49. The van der Waals surface area contributed by atoms with E-state index < -0.39 is 18.2 Å². The maximum Gasteiger partial charge on any atom is 0.408 e. The van der Waals surface area contributed by atoms with Crippen LogP contribution >= 0.6 is 0 Å². The third kappa shape index (κ3) is 4.42. The summed E-state index contributed by atoms with van der Waals surface area (Å²) in [5, 5.41) is 19.2. The van der Waals surface area contributed by atoms with Crippen molar-refractivity contribution in [3.05, 3.63) is 0 Å². The maximum atomic E-state index is 12.3. The van der Waals surface area contributed by atoms with Crippen LogP contribution < -0.4 is 0 Å². The van der Waals surface area contributed by atoms with Gasteiger partial charge >= 0.3 is 6.09 Å². The second-order valence-corrected chi connectivity index (χ2v) is 7.67. The highest BCUT2D eigenvalue weighted by Gasteiger charge is 2.36. The predicted octanol–water partition coefficient (Wildman–Crippen LogP) is 0.597. The number of piperidine rings is 1. The molecule has 2 aliphatic heterocycles. The van der Waals surface area contributed by atoms with Crippen LogP contribution in [-0.4, -0.2) is 87.7 Å². The number of aliphatic hydroxyl groups is 1. The van der Waals surface area contributed by atoms with E-state index in [0.717, 1.165) is 11.3 Å². The fourth-order valence-electron chi connectivity index (χ4n) is 3.36. The standard InChI is InChI=1S/C17H29N3O5/c1-12-15(23)18(9-10-20(12)16(24)25)7-4-5-14(22)19-8-6-17(2,3)13(21)11-19/h12-13,21H,4-11H2,1-3H3,(H,24,25)/t12-,13?/m0/s1. The van der Waals surface area contributed by atoms with Crippen molar-refractivity contribution >= 4 is 17.9 Å². The molecule has 2 heterocycles. The molecule has 2 N–H and O–H groups in total. The molecule has 0 saturated carbocycles. The number of nitrogens with zero attached hydrogens (tertiary/aromatic N) is 3. The third-order valence-electron chi connectivity index (χ3n) is 5.49. The van der Waals surface area contributed by atoms with Gasteiger partial charge in [0, 0.05) is 39.1 Å². The van der Waals surface area contributed by atoms with Crippen molar-refractivity contribution in [2.45, 2.75) is 52.2 Å². The number of hydrogen-bond acceptors (Lipinski definition) is 4. The van der Waals surface area contributed by atoms with E-state index in [9.17, 15) is 19.5 Å². The first kappa shape index (κ1) is 19.5. The number of hydrogen-bond donors (Lipinski definition) is 2. The van der Waals surface area contributed by atoms with Crippen LogP contribution in [0.5, 0.6) is 0 Å². The van der Waals surface area contributed by atoms with Gasteiger partial charge in [-0.2, -0.15) is 0 Å². The van der Waals surface area contributed by atoms with Crippen molar-refractivity contribution in [2.75, 3.05) is 32.7 Å². The highest BCUT2D eigenvalue weighted by Crippen LogP contribution is 2.30. The molecule has 2 rings (SSSR count). The number of rotatable bonds is 4. The normalized spacial score (nSPS) is 26.7. The van der Waals surface area contributed by atoms with Crippen LogP contribution in [0, 0.1) is 5.41 Å². The molecule has 2 atom stereocenters. The van der Waals surface area contributed by atoms with Gasteiger partial charge in [-0.3, -0.25) is 14.5 Å². The van der Waals surface area contributed by atoms with Crippen molar-refractivity contribution < 1.29 is 24.6 Å². The SMILES string of the molecule is C[C@H]1C(=O)N(CCCC(=O)N2CCC(C)(C)C(O)C2)CCN1C(=O)O. The molecular weight excluding hydrogens is 326 g/mol. The Bertz CT molecular complexity index is 536. The number of aliphatic hydroxyl groups excluding tert-OH is 1. The van der Waals surface area contributed by atoms with E-state index in [1.54, 1.807) is 16.7 Å². The summed E-state index contributed by atoms with van der Waals surface area (Å²) in [5.74, 6) is -0.213. The molecule has 0 bridgehead atoms. The largest absolute Gasteiger partial charge is 0.465 e. The fraction of sp³-hybridized carbons (Fsp3) is 0.824. The molecule has 25 heavy (non-hydrogen) atoms. The summed E-state index contributed by atoms with van der Waals surface area (Å²) in [6.07, 6.45) is 0.0421. The van der Waals surface area contributed by atoms with E-state index in [0.29, 0.717) is 45.6 Å². The van der Waals surface area contributed by atoms with Gasteiger partial charge in [0.15, 0.2) is 0 Å². The Labute approximate surface area is 148 Å². The van der Waals surface area contributed by atoms with Crippen molar-refractivity contribution in [3.8, 4) is 0 Å². The minimum absolute atomic E-state index is 0.000723. The Kier molecular flexibility index (Phi) is 5.92. The predicted molar refractivity (Wildman–Crippen MR) is 91.0 cm³/mol. The summed E-state index contributed by atoms with van der Waals surface area (Å²) in [4.78, 5) is 40.1. The first-order valence-electron chi connectivity index (χ1n) is 8.87. The molecule has 8 nitrogen and oxygen atoms in total. The topological polar surface area (TPSA) is 101 Å². The van der Waals surface area contributed by atoms with Crippen LogP contribution in [0.1, 0.15) is 40.0 Å². The van der Waals surface area contributed by atoms with Gasteiger partial charge in [-0.05, 0) is 25.2 Å². The van der Waals surface area contributed by atoms with Gasteiger partial charge in [0.05, 0.1) is 6.10 Å². The van der Waals surface area contributed by atoms with Gasteiger partial charge < -0.3 is 20.0 Å². The molecule has 0 aromatic heterocycles. The Morgan fingerprint density at radius 1 is 1.24 bits per heavy atom. The molecule has 1 unspecified atom stereocenters. The molecule has 3 amide bonds. The van der Waals surface area contributed by atoms with Crippen molar-refractivity contribution in [1.29, 1.82) is 0 Å². The first-order chi connectivity index (χ1) is 11.6. The number of carbonyl (C=O) groups excluding carboxylic acids is 2. The van der Waals surface area contributed by atoms with E-state index in [2.05, 4.69) is 0 Å². The lowest BCUT2D eigenvalue weighted by Crippen LogP contribution is -2.57. The van der Waals surface area contributed by atoms with Crippen molar-refractivity contribution in [1.82, 2.24) is 14.7 Å². The van der Waals surface area contributed by atoms with Crippen LogP contribution in [0.15, 0.2) is 0 Å². The Balaban J connectivity index is 1.77. The Hall–Kier alpha value is -1.83. The summed E-state index contributed by atoms with van der Waals surface area (Å²) < 4.78 is 0. The summed E-state index contributed by atoms with van der Waals surface area (Å²) in [6, 6.07) is -0.679. The monoisotopic (exact) mass is 355 g/mol. The number of amides is 3.